The van der Waals surface area contributed by atoms with Gasteiger partial charge in [0.05, 0.1) is 0 Å². The molecule has 0 unspecified atom stereocenters. The van der Waals surface area contributed by atoms with Crippen molar-refractivity contribution in [2.45, 2.75) is 13.3 Å². The maximum absolute atomic E-state index is 13.0. The van der Waals surface area contributed by atoms with Crippen LogP contribution in [0.1, 0.15) is 21.9 Å². The highest BCUT2D eigenvalue weighted by molar-refractivity contribution is 6.03. The number of hydrogen-bond acceptors (Lipinski definition) is 4. The Labute approximate surface area is 150 Å². The molecule has 0 saturated heterocycles. The van der Waals surface area contributed by atoms with Crippen molar-refractivity contribution >= 4 is 23.1 Å². The lowest BCUT2D eigenvalue weighted by atomic mass is 10.2. The molecule has 2 heterocycles. The number of benzene rings is 2. The predicted octanol–water partition coefficient (Wildman–Crippen LogP) is 3.87. The Morgan fingerprint density at radius 2 is 1.88 bits per heavy atom. The van der Waals surface area contributed by atoms with Crippen LogP contribution in [0.25, 0.3) is 0 Å². The third kappa shape index (κ3) is 3.13. The number of nitrogens with zero attached hydrogens (tertiary/aromatic N) is 3. The van der Waals surface area contributed by atoms with E-state index in [1.807, 2.05) is 12.1 Å². The second-order valence-electron chi connectivity index (χ2n) is 6.15. The number of hydrogen-bond donors (Lipinski definition) is 1. The molecule has 0 fully saturated rings. The summed E-state index contributed by atoms with van der Waals surface area (Å²) in [6.45, 7) is 2.58. The number of rotatable bonds is 3. The fraction of sp³-hybridized carbons (Fsp3) is 0.150. The quantitative estimate of drug-likeness (QED) is 0.781. The van der Waals surface area contributed by atoms with Gasteiger partial charge in [-0.2, -0.15) is 0 Å². The Morgan fingerprint density at radius 1 is 1.12 bits per heavy atom. The largest absolute Gasteiger partial charge is 0.326 e. The van der Waals surface area contributed by atoms with E-state index in [-0.39, 0.29) is 17.4 Å². The van der Waals surface area contributed by atoms with Crippen LogP contribution in [0.2, 0.25) is 0 Å². The van der Waals surface area contributed by atoms with Crippen molar-refractivity contribution in [3.8, 4) is 0 Å². The molecular formula is C20H17FN4O. The minimum atomic E-state index is -0.351. The first-order valence-corrected chi connectivity index (χ1v) is 8.38. The average Bonchev–Trinajstić information content (AvgIpc) is 3.07. The average molecular weight is 348 g/mol. The Kier molecular flexibility index (Phi) is 4.08. The second-order valence-corrected chi connectivity index (χ2v) is 6.15. The van der Waals surface area contributed by atoms with E-state index in [1.165, 1.54) is 29.8 Å². The molecule has 0 spiro atoms. The first kappa shape index (κ1) is 16.2. The van der Waals surface area contributed by atoms with Crippen LogP contribution in [0.5, 0.6) is 0 Å². The van der Waals surface area contributed by atoms with E-state index in [9.17, 15) is 9.18 Å². The van der Waals surface area contributed by atoms with Crippen molar-refractivity contribution in [2.75, 3.05) is 16.8 Å². The summed E-state index contributed by atoms with van der Waals surface area (Å²) >= 11 is 0. The SMILES string of the molecule is Cc1nc(C(=O)Nc2ccc(F)cc2)cc(N2CCc3ccccc32)n1. The molecule has 6 heteroatoms. The number of para-hydroxylation sites is 1. The van der Waals surface area contributed by atoms with Gasteiger partial charge in [0, 0.05) is 24.0 Å². The molecule has 1 aliphatic heterocycles. The van der Waals surface area contributed by atoms with Gasteiger partial charge in [-0.15, -0.1) is 0 Å². The van der Waals surface area contributed by atoms with Gasteiger partial charge >= 0.3 is 0 Å². The Morgan fingerprint density at radius 3 is 2.69 bits per heavy atom. The summed E-state index contributed by atoms with van der Waals surface area (Å²) < 4.78 is 13.0. The summed E-state index contributed by atoms with van der Waals surface area (Å²) in [4.78, 5) is 23.4. The maximum atomic E-state index is 13.0. The molecule has 1 N–H and O–H groups in total. The number of carbonyl (C=O) groups is 1. The molecule has 0 aliphatic carbocycles. The van der Waals surface area contributed by atoms with Gasteiger partial charge in [-0.1, -0.05) is 18.2 Å². The lowest BCUT2D eigenvalue weighted by Gasteiger charge is -2.19. The van der Waals surface area contributed by atoms with E-state index in [4.69, 9.17) is 0 Å². The van der Waals surface area contributed by atoms with Crippen LogP contribution in [0, 0.1) is 12.7 Å². The van der Waals surface area contributed by atoms with E-state index < -0.39 is 0 Å². The minimum Gasteiger partial charge on any atom is -0.326 e. The van der Waals surface area contributed by atoms with Crippen LogP contribution in [-0.4, -0.2) is 22.4 Å². The van der Waals surface area contributed by atoms with Gasteiger partial charge in [-0.05, 0) is 49.2 Å². The summed E-state index contributed by atoms with van der Waals surface area (Å²) in [7, 11) is 0. The maximum Gasteiger partial charge on any atom is 0.274 e. The third-order valence-electron chi connectivity index (χ3n) is 4.32. The Hall–Kier alpha value is -3.28. The zero-order valence-corrected chi connectivity index (χ0v) is 14.2. The molecule has 2 aromatic carbocycles. The van der Waals surface area contributed by atoms with Crippen molar-refractivity contribution in [2.24, 2.45) is 0 Å². The molecule has 3 aromatic rings. The van der Waals surface area contributed by atoms with Crippen molar-refractivity contribution < 1.29 is 9.18 Å². The van der Waals surface area contributed by atoms with Crippen LogP contribution in [-0.2, 0) is 6.42 Å². The van der Waals surface area contributed by atoms with Gasteiger partial charge in [0.25, 0.3) is 5.91 Å². The Balaban J connectivity index is 1.62. The molecule has 4 rings (SSSR count). The second kappa shape index (κ2) is 6.55. The molecule has 1 aromatic heterocycles. The van der Waals surface area contributed by atoms with E-state index >= 15 is 0 Å². The molecule has 5 nitrogen and oxygen atoms in total. The molecule has 1 aliphatic rings. The first-order valence-electron chi connectivity index (χ1n) is 8.38. The number of fused-ring (bicyclic) bond motifs is 1. The number of nitrogens with one attached hydrogen (secondary N) is 1. The van der Waals surface area contributed by atoms with E-state index in [0.717, 1.165) is 18.7 Å². The summed E-state index contributed by atoms with van der Waals surface area (Å²) in [5.74, 6) is 0.523. The van der Waals surface area contributed by atoms with Gasteiger partial charge < -0.3 is 10.2 Å². The van der Waals surface area contributed by atoms with Gasteiger partial charge in [0.2, 0.25) is 0 Å². The molecule has 0 saturated carbocycles. The van der Waals surface area contributed by atoms with Crippen molar-refractivity contribution in [3.05, 3.63) is 77.5 Å². The van der Waals surface area contributed by atoms with Crippen LogP contribution >= 0.6 is 0 Å². The number of amides is 1. The minimum absolute atomic E-state index is 0.279. The molecule has 1 amide bonds. The van der Waals surface area contributed by atoms with Gasteiger partial charge in [0.15, 0.2) is 0 Å². The third-order valence-corrected chi connectivity index (χ3v) is 4.32. The molecule has 0 atom stereocenters. The number of aryl methyl sites for hydroxylation is 1. The monoisotopic (exact) mass is 348 g/mol. The van der Waals surface area contributed by atoms with E-state index in [2.05, 4.69) is 32.3 Å². The number of aromatic nitrogens is 2. The summed E-state index contributed by atoms with van der Waals surface area (Å²) in [6.07, 6.45) is 0.941. The van der Waals surface area contributed by atoms with Crippen molar-refractivity contribution in [3.63, 3.8) is 0 Å². The predicted molar refractivity (Wildman–Crippen MR) is 98.3 cm³/mol. The number of halogens is 1. The summed E-state index contributed by atoms with van der Waals surface area (Å²) in [5.41, 5.74) is 3.17. The van der Waals surface area contributed by atoms with Crippen LogP contribution < -0.4 is 10.2 Å². The molecule has 130 valence electrons. The zero-order valence-electron chi connectivity index (χ0n) is 14.2. The fourth-order valence-electron chi connectivity index (χ4n) is 3.11. The zero-order chi connectivity index (χ0) is 18.1. The van der Waals surface area contributed by atoms with Crippen LogP contribution in [0.4, 0.5) is 21.6 Å². The molecular weight excluding hydrogens is 331 g/mol. The number of carbonyl (C=O) groups excluding carboxylic acids is 1. The normalized spacial score (nSPS) is 12.8. The first-order chi connectivity index (χ1) is 12.6. The van der Waals surface area contributed by atoms with E-state index in [1.54, 1.807) is 13.0 Å². The highest BCUT2D eigenvalue weighted by atomic mass is 19.1. The standard InChI is InChI=1S/C20H17FN4O/c1-13-22-17(20(26)24-16-8-6-15(21)7-9-16)12-19(23-13)25-11-10-14-4-2-3-5-18(14)25/h2-9,12H,10-11H2,1H3,(H,24,26). The fourth-order valence-corrected chi connectivity index (χ4v) is 3.11. The number of anilines is 3. The molecule has 0 radical (unpaired) electrons. The topological polar surface area (TPSA) is 58.1 Å². The van der Waals surface area contributed by atoms with Crippen LogP contribution in [0.15, 0.2) is 54.6 Å². The molecule has 0 bridgehead atoms. The molecule has 26 heavy (non-hydrogen) atoms. The highest BCUT2D eigenvalue weighted by Crippen LogP contribution is 2.33. The van der Waals surface area contributed by atoms with E-state index in [0.29, 0.717) is 17.3 Å². The van der Waals surface area contributed by atoms with Crippen molar-refractivity contribution in [1.82, 2.24) is 9.97 Å². The lowest BCUT2D eigenvalue weighted by molar-refractivity contribution is 0.102. The smallest absolute Gasteiger partial charge is 0.274 e. The van der Waals surface area contributed by atoms with Gasteiger partial charge in [0.1, 0.15) is 23.2 Å². The lowest BCUT2D eigenvalue weighted by Crippen LogP contribution is -2.19. The van der Waals surface area contributed by atoms with Crippen molar-refractivity contribution in [1.29, 1.82) is 0 Å². The Bertz CT molecular complexity index is 972. The summed E-state index contributed by atoms with van der Waals surface area (Å²) in [6, 6.07) is 15.5. The van der Waals surface area contributed by atoms with Gasteiger partial charge in [-0.3, -0.25) is 4.79 Å². The van der Waals surface area contributed by atoms with Crippen LogP contribution in [0.3, 0.4) is 0 Å². The summed E-state index contributed by atoms with van der Waals surface area (Å²) in [5, 5.41) is 2.74. The highest BCUT2D eigenvalue weighted by Gasteiger charge is 2.22. The van der Waals surface area contributed by atoms with Gasteiger partial charge in [-0.25, -0.2) is 14.4 Å².